The molecule has 0 radical (unpaired) electrons. The Bertz CT molecular complexity index is 956. The van der Waals surface area contributed by atoms with Gasteiger partial charge in [-0.15, -0.1) is 0 Å². The van der Waals surface area contributed by atoms with Gasteiger partial charge >= 0.3 is 0 Å². The molecular formula is C22H27NO4S. The normalized spacial score (nSPS) is 22.3. The average Bonchev–Trinajstić information content (AvgIpc) is 3.12. The maximum atomic E-state index is 12.7. The third-order valence-corrected chi connectivity index (χ3v) is 8.20. The van der Waals surface area contributed by atoms with Gasteiger partial charge in [0, 0.05) is 24.4 Å². The van der Waals surface area contributed by atoms with Gasteiger partial charge in [-0.3, -0.25) is 4.79 Å². The maximum absolute atomic E-state index is 12.7. The van der Waals surface area contributed by atoms with E-state index in [-0.39, 0.29) is 11.2 Å². The molecular weight excluding hydrogens is 374 g/mol. The van der Waals surface area contributed by atoms with Crippen LogP contribution >= 0.6 is 0 Å². The maximum Gasteiger partial charge on any atom is 0.224 e. The first-order valence-corrected chi connectivity index (χ1v) is 11.7. The summed E-state index contributed by atoms with van der Waals surface area (Å²) < 4.78 is 31.3. The number of nitrogens with one attached hydrogen (secondary N) is 1. The highest BCUT2D eigenvalue weighted by molar-refractivity contribution is 7.92. The van der Waals surface area contributed by atoms with E-state index in [1.807, 2.05) is 12.1 Å². The number of furan rings is 1. The van der Waals surface area contributed by atoms with Gasteiger partial charge in [0.05, 0.1) is 10.1 Å². The molecule has 0 aliphatic heterocycles. The lowest BCUT2D eigenvalue weighted by Gasteiger charge is -2.12. The Balaban J connectivity index is 1.35. The largest absolute Gasteiger partial charge is 0.466 e. The molecule has 2 atom stereocenters. The average molecular weight is 402 g/mol. The Morgan fingerprint density at radius 3 is 2.64 bits per heavy atom. The van der Waals surface area contributed by atoms with Gasteiger partial charge in [0.1, 0.15) is 11.5 Å². The third-order valence-electron chi connectivity index (χ3n) is 5.94. The molecule has 1 aromatic heterocycles. The van der Waals surface area contributed by atoms with Crippen LogP contribution in [0.5, 0.6) is 0 Å². The van der Waals surface area contributed by atoms with Crippen molar-refractivity contribution in [2.45, 2.75) is 67.9 Å². The Morgan fingerprint density at radius 1 is 1.18 bits per heavy atom. The molecule has 2 aliphatic rings. The van der Waals surface area contributed by atoms with E-state index in [0.29, 0.717) is 35.3 Å². The van der Waals surface area contributed by atoms with E-state index < -0.39 is 9.84 Å². The fraction of sp³-hybridized carbons (Fsp3) is 0.500. The van der Waals surface area contributed by atoms with Crippen LogP contribution in [0.25, 0.3) is 0 Å². The molecule has 2 fully saturated rings. The first-order valence-electron chi connectivity index (χ1n) is 10.2. The molecule has 28 heavy (non-hydrogen) atoms. The van der Waals surface area contributed by atoms with Crippen molar-refractivity contribution in [3.8, 4) is 0 Å². The number of rotatable bonds is 7. The monoisotopic (exact) mass is 401 g/mol. The summed E-state index contributed by atoms with van der Waals surface area (Å²) >= 11 is 0. The van der Waals surface area contributed by atoms with Crippen molar-refractivity contribution in [1.82, 2.24) is 0 Å². The van der Waals surface area contributed by atoms with Crippen molar-refractivity contribution in [2.75, 3.05) is 5.32 Å². The van der Waals surface area contributed by atoms with Crippen LogP contribution in [0.15, 0.2) is 45.7 Å². The molecule has 6 heteroatoms. The summed E-state index contributed by atoms with van der Waals surface area (Å²) in [6, 6.07) is 10.6. The summed E-state index contributed by atoms with van der Waals surface area (Å²) in [6.45, 7) is 2.21. The number of carbonyl (C=O) groups is 1. The van der Waals surface area contributed by atoms with Gasteiger partial charge in [-0.2, -0.15) is 0 Å². The van der Waals surface area contributed by atoms with Gasteiger partial charge in [0.15, 0.2) is 9.84 Å². The number of carbonyl (C=O) groups excluding carboxylic acids is 1. The summed E-state index contributed by atoms with van der Waals surface area (Å²) in [7, 11) is -3.32. The summed E-state index contributed by atoms with van der Waals surface area (Å²) in [5.74, 6) is 2.92. The second-order valence-electron chi connectivity index (χ2n) is 8.15. The first-order chi connectivity index (χ1) is 13.4. The summed E-state index contributed by atoms with van der Waals surface area (Å²) in [5, 5.41) is 2.53. The smallest absolute Gasteiger partial charge is 0.224 e. The lowest BCUT2D eigenvalue weighted by Crippen LogP contribution is -2.18. The predicted octanol–water partition coefficient (Wildman–Crippen LogP) is 4.69. The number of hydrogen-bond donors (Lipinski definition) is 1. The zero-order valence-corrected chi connectivity index (χ0v) is 17.0. The predicted molar refractivity (Wildman–Crippen MR) is 108 cm³/mol. The minimum Gasteiger partial charge on any atom is -0.466 e. The molecule has 5 nitrogen and oxygen atoms in total. The molecule has 0 bridgehead atoms. The number of anilines is 1. The zero-order chi connectivity index (χ0) is 19.7. The number of aryl methyl sites for hydroxylation is 1. The topological polar surface area (TPSA) is 76.4 Å². The molecule has 1 aromatic carbocycles. The molecule has 2 unspecified atom stereocenters. The van der Waals surface area contributed by atoms with Crippen LogP contribution in [0, 0.1) is 5.92 Å². The van der Waals surface area contributed by atoms with Crippen molar-refractivity contribution in [3.05, 3.63) is 47.9 Å². The van der Waals surface area contributed by atoms with E-state index in [2.05, 4.69) is 12.2 Å². The molecule has 2 aromatic rings. The Labute approximate surface area is 166 Å². The van der Waals surface area contributed by atoms with E-state index in [1.165, 1.54) is 6.42 Å². The molecule has 1 N–H and O–H groups in total. The highest BCUT2D eigenvalue weighted by Crippen LogP contribution is 2.47. The molecule has 2 saturated carbocycles. The van der Waals surface area contributed by atoms with Crippen LogP contribution < -0.4 is 5.32 Å². The highest BCUT2D eigenvalue weighted by Gasteiger charge is 2.36. The van der Waals surface area contributed by atoms with Crippen molar-refractivity contribution in [2.24, 2.45) is 5.92 Å². The van der Waals surface area contributed by atoms with Crippen molar-refractivity contribution in [3.63, 3.8) is 0 Å². The van der Waals surface area contributed by atoms with Crippen molar-refractivity contribution < 1.29 is 17.6 Å². The quantitative estimate of drug-likeness (QED) is 0.730. The third kappa shape index (κ3) is 4.17. The summed E-state index contributed by atoms with van der Waals surface area (Å²) in [5.41, 5.74) is 0.524. The number of amides is 1. The summed E-state index contributed by atoms with van der Waals surface area (Å²) in [4.78, 5) is 12.6. The lowest BCUT2D eigenvalue weighted by atomic mass is 10.2. The van der Waals surface area contributed by atoms with Crippen LogP contribution in [-0.2, 0) is 21.1 Å². The van der Waals surface area contributed by atoms with Gasteiger partial charge in [0.2, 0.25) is 5.91 Å². The number of hydrogen-bond acceptors (Lipinski definition) is 4. The van der Waals surface area contributed by atoms with Gasteiger partial charge < -0.3 is 9.73 Å². The van der Waals surface area contributed by atoms with Gasteiger partial charge in [-0.05, 0) is 55.5 Å². The van der Waals surface area contributed by atoms with E-state index in [4.69, 9.17) is 4.42 Å². The highest BCUT2D eigenvalue weighted by atomic mass is 32.2. The second-order valence-corrected chi connectivity index (χ2v) is 10.4. The van der Waals surface area contributed by atoms with E-state index in [1.54, 1.807) is 24.3 Å². The molecule has 0 saturated heterocycles. The molecule has 0 spiro atoms. The molecule has 1 heterocycles. The fourth-order valence-corrected chi connectivity index (χ4v) is 5.95. The van der Waals surface area contributed by atoms with Crippen LogP contribution in [-0.4, -0.2) is 19.6 Å². The van der Waals surface area contributed by atoms with Crippen LogP contribution in [0.3, 0.4) is 0 Å². The van der Waals surface area contributed by atoms with Gasteiger partial charge in [0.25, 0.3) is 0 Å². The van der Waals surface area contributed by atoms with Crippen LogP contribution in [0.2, 0.25) is 0 Å². The van der Waals surface area contributed by atoms with Crippen molar-refractivity contribution >= 4 is 21.4 Å². The molecule has 4 rings (SSSR count). The molecule has 1 amide bonds. The number of benzene rings is 1. The molecule has 2 aliphatic carbocycles. The van der Waals surface area contributed by atoms with Gasteiger partial charge in [-0.25, -0.2) is 8.42 Å². The minimum absolute atomic E-state index is 0.145. The van der Waals surface area contributed by atoms with E-state index in [0.717, 1.165) is 37.2 Å². The van der Waals surface area contributed by atoms with Crippen LogP contribution in [0.4, 0.5) is 5.69 Å². The molecule has 150 valence electrons. The SMILES string of the molecule is CC1CC1c1ccc(CCC(=O)Nc2cccc(S(=O)(=O)C3CCCC3)c2)o1. The lowest BCUT2D eigenvalue weighted by molar-refractivity contribution is -0.116. The Kier molecular flexibility index (Phi) is 5.32. The van der Waals surface area contributed by atoms with Crippen LogP contribution in [0.1, 0.15) is 62.9 Å². The first kappa shape index (κ1) is 19.2. The fourth-order valence-electron chi connectivity index (χ4n) is 4.05. The van der Waals surface area contributed by atoms with E-state index >= 15 is 0 Å². The van der Waals surface area contributed by atoms with Gasteiger partial charge in [-0.1, -0.05) is 25.8 Å². The summed E-state index contributed by atoms with van der Waals surface area (Å²) in [6.07, 6.45) is 5.39. The van der Waals surface area contributed by atoms with Crippen molar-refractivity contribution in [1.29, 1.82) is 0 Å². The zero-order valence-electron chi connectivity index (χ0n) is 16.2. The second kappa shape index (κ2) is 7.74. The Morgan fingerprint density at radius 2 is 1.93 bits per heavy atom. The number of sulfone groups is 1. The van der Waals surface area contributed by atoms with E-state index in [9.17, 15) is 13.2 Å². The minimum atomic E-state index is -3.32. The standard InChI is InChI=1S/C22H27NO4S/c1-15-13-20(15)21-11-9-17(27-21)10-12-22(24)23-16-5-4-8-19(14-16)28(25,26)18-6-2-3-7-18/h4-5,8-9,11,14-15,18,20H,2-3,6-7,10,12-13H2,1H3,(H,23,24). The Hall–Kier alpha value is -2.08.